The summed E-state index contributed by atoms with van der Waals surface area (Å²) in [6.45, 7) is 0. The van der Waals surface area contributed by atoms with Gasteiger partial charge < -0.3 is 4.74 Å². The number of methoxy groups -OCH3 is 1. The van der Waals surface area contributed by atoms with Gasteiger partial charge in [0.05, 0.1) is 18.9 Å². The molecule has 1 heterocycles. The van der Waals surface area contributed by atoms with Crippen LogP contribution in [0.2, 0.25) is 0 Å². The molecule has 0 atom stereocenters. The van der Waals surface area contributed by atoms with Crippen molar-refractivity contribution in [2.45, 2.75) is 12.8 Å². The average molecular weight is 256 g/mol. The molecule has 19 heavy (non-hydrogen) atoms. The summed E-state index contributed by atoms with van der Waals surface area (Å²) in [5.41, 5.74) is 2.17. The molecule has 0 radical (unpaired) electrons. The van der Waals surface area contributed by atoms with E-state index in [-0.39, 0.29) is 5.82 Å². The summed E-state index contributed by atoms with van der Waals surface area (Å²) in [7, 11) is 1.50. The Labute approximate surface area is 111 Å². The van der Waals surface area contributed by atoms with Crippen LogP contribution in [0.15, 0.2) is 36.5 Å². The lowest BCUT2D eigenvalue weighted by molar-refractivity contribution is 0.411. The third-order valence-electron chi connectivity index (χ3n) is 2.82. The molecule has 4 heteroatoms. The Kier molecular flexibility index (Phi) is 4.09. The second-order valence-electron chi connectivity index (χ2n) is 4.12. The summed E-state index contributed by atoms with van der Waals surface area (Å²) in [6, 6.07) is 10.3. The number of benzene rings is 1. The van der Waals surface area contributed by atoms with Crippen LogP contribution in [0.1, 0.15) is 16.8 Å². The Morgan fingerprint density at radius 1 is 1.32 bits per heavy atom. The fourth-order valence-electron chi connectivity index (χ4n) is 1.84. The van der Waals surface area contributed by atoms with Gasteiger partial charge >= 0.3 is 0 Å². The third-order valence-corrected chi connectivity index (χ3v) is 2.82. The van der Waals surface area contributed by atoms with Crippen molar-refractivity contribution < 1.29 is 9.13 Å². The van der Waals surface area contributed by atoms with Gasteiger partial charge in [-0.25, -0.2) is 4.39 Å². The van der Waals surface area contributed by atoms with Crippen LogP contribution in [0.4, 0.5) is 4.39 Å². The van der Waals surface area contributed by atoms with E-state index < -0.39 is 0 Å². The first kappa shape index (κ1) is 13.0. The number of ether oxygens (including phenoxy) is 1. The molecule has 0 spiro atoms. The van der Waals surface area contributed by atoms with Gasteiger partial charge in [-0.1, -0.05) is 12.1 Å². The molecule has 1 aromatic carbocycles. The van der Waals surface area contributed by atoms with Crippen LogP contribution in [0.5, 0.6) is 5.75 Å². The Bertz CT molecular complexity index is 620. The molecule has 96 valence electrons. The predicted octanol–water partition coefficient (Wildman–Crippen LogP) is 2.89. The number of rotatable bonds is 4. The first-order valence-electron chi connectivity index (χ1n) is 5.90. The highest BCUT2D eigenvalue weighted by molar-refractivity contribution is 5.42. The zero-order valence-corrected chi connectivity index (χ0v) is 10.6. The van der Waals surface area contributed by atoms with Gasteiger partial charge in [0.15, 0.2) is 5.75 Å². The van der Waals surface area contributed by atoms with E-state index in [2.05, 4.69) is 11.1 Å². The second-order valence-corrected chi connectivity index (χ2v) is 4.12. The molecule has 0 fully saturated rings. The molecule has 0 saturated carbocycles. The van der Waals surface area contributed by atoms with E-state index in [1.54, 1.807) is 18.3 Å². The van der Waals surface area contributed by atoms with Gasteiger partial charge in [-0.3, -0.25) is 4.98 Å². The van der Waals surface area contributed by atoms with Crippen molar-refractivity contribution >= 4 is 0 Å². The summed E-state index contributed by atoms with van der Waals surface area (Å²) >= 11 is 0. The number of hydrogen-bond donors (Lipinski definition) is 0. The number of nitrogens with zero attached hydrogens (tertiary/aromatic N) is 2. The van der Waals surface area contributed by atoms with Gasteiger partial charge in [-0.2, -0.15) is 5.26 Å². The zero-order chi connectivity index (χ0) is 13.7. The molecule has 0 aliphatic rings. The van der Waals surface area contributed by atoms with Crippen molar-refractivity contribution in [1.82, 2.24) is 4.98 Å². The van der Waals surface area contributed by atoms with Gasteiger partial charge in [0.25, 0.3) is 0 Å². The van der Waals surface area contributed by atoms with E-state index >= 15 is 0 Å². The third kappa shape index (κ3) is 3.29. The summed E-state index contributed by atoms with van der Waals surface area (Å²) in [5, 5.41) is 8.99. The highest BCUT2D eigenvalue weighted by Crippen LogP contribution is 2.17. The number of hydrogen-bond acceptors (Lipinski definition) is 3. The molecule has 0 amide bonds. The molecular weight excluding hydrogens is 243 g/mol. The lowest BCUT2D eigenvalue weighted by Gasteiger charge is -2.05. The number of pyridine rings is 1. The van der Waals surface area contributed by atoms with Crippen molar-refractivity contribution in [3.05, 3.63) is 59.2 Å². The van der Waals surface area contributed by atoms with Gasteiger partial charge in [-0.05, 0) is 36.6 Å². The maximum absolute atomic E-state index is 13.0. The second kappa shape index (κ2) is 5.96. The maximum Gasteiger partial charge on any atom is 0.154 e. The lowest BCUT2D eigenvalue weighted by atomic mass is 10.1. The minimum absolute atomic E-state index is 0.238. The molecule has 3 nitrogen and oxygen atoms in total. The fourth-order valence-corrected chi connectivity index (χ4v) is 1.84. The topological polar surface area (TPSA) is 45.9 Å². The Morgan fingerprint density at radius 2 is 2.16 bits per heavy atom. The van der Waals surface area contributed by atoms with Gasteiger partial charge in [-0.15, -0.1) is 0 Å². The van der Waals surface area contributed by atoms with Crippen LogP contribution in [-0.2, 0) is 12.8 Å². The normalized spacial score (nSPS) is 9.95. The summed E-state index contributed by atoms with van der Waals surface area (Å²) < 4.78 is 18.1. The number of halogens is 1. The SMILES string of the molecule is COc1cnc(CCc2cccc(F)c2)cc1C#N. The highest BCUT2D eigenvalue weighted by atomic mass is 19.1. The standard InChI is InChI=1S/C15H13FN2O/c1-19-15-10-18-14(8-12(15)9-17)6-5-11-3-2-4-13(16)7-11/h2-4,7-8,10H,5-6H2,1H3. The molecule has 2 aromatic rings. The largest absolute Gasteiger partial charge is 0.494 e. The minimum atomic E-state index is -0.238. The molecular formula is C15H13FN2O. The van der Waals surface area contributed by atoms with Crippen molar-refractivity contribution in [2.75, 3.05) is 7.11 Å². The van der Waals surface area contributed by atoms with E-state index in [4.69, 9.17) is 10.00 Å². The first-order valence-corrected chi connectivity index (χ1v) is 5.90. The van der Waals surface area contributed by atoms with Crippen molar-refractivity contribution in [2.24, 2.45) is 0 Å². The van der Waals surface area contributed by atoms with E-state index in [1.165, 1.54) is 19.2 Å². The van der Waals surface area contributed by atoms with Crippen LogP contribution in [-0.4, -0.2) is 12.1 Å². The molecule has 0 aliphatic heterocycles. The fraction of sp³-hybridized carbons (Fsp3) is 0.200. The van der Waals surface area contributed by atoms with Crippen molar-refractivity contribution in [3.8, 4) is 11.8 Å². The molecule has 0 N–H and O–H groups in total. The molecule has 0 bridgehead atoms. The Balaban J connectivity index is 2.10. The van der Waals surface area contributed by atoms with Gasteiger partial charge in [0, 0.05) is 5.69 Å². The molecule has 0 unspecified atom stereocenters. The molecule has 0 saturated heterocycles. The van der Waals surface area contributed by atoms with E-state index in [1.807, 2.05) is 6.07 Å². The van der Waals surface area contributed by atoms with E-state index in [0.717, 1.165) is 11.3 Å². The van der Waals surface area contributed by atoms with Gasteiger partial charge in [0.1, 0.15) is 11.9 Å². The highest BCUT2D eigenvalue weighted by Gasteiger charge is 2.05. The Hall–Kier alpha value is -2.41. The number of nitriles is 1. The zero-order valence-electron chi connectivity index (χ0n) is 10.6. The molecule has 2 rings (SSSR count). The number of aryl methyl sites for hydroxylation is 2. The van der Waals surface area contributed by atoms with Crippen LogP contribution in [0.25, 0.3) is 0 Å². The van der Waals surface area contributed by atoms with E-state index in [0.29, 0.717) is 24.2 Å². The smallest absolute Gasteiger partial charge is 0.154 e. The predicted molar refractivity (Wildman–Crippen MR) is 69.3 cm³/mol. The molecule has 0 aliphatic carbocycles. The minimum Gasteiger partial charge on any atom is -0.494 e. The number of aromatic nitrogens is 1. The average Bonchev–Trinajstić information content (AvgIpc) is 2.45. The van der Waals surface area contributed by atoms with Crippen LogP contribution in [0.3, 0.4) is 0 Å². The molecule has 1 aromatic heterocycles. The van der Waals surface area contributed by atoms with Gasteiger partial charge in [0.2, 0.25) is 0 Å². The van der Waals surface area contributed by atoms with E-state index in [9.17, 15) is 4.39 Å². The maximum atomic E-state index is 13.0. The van der Waals surface area contributed by atoms with Crippen LogP contribution in [0, 0.1) is 17.1 Å². The summed E-state index contributed by atoms with van der Waals surface area (Å²) in [5.74, 6) is 0.231. The first-order chi connectivity index (χ1) is 9.22. The van der Waals surface area contributed by atoms with Crippen molar-refractivity contribution in [1.29, 1.82) is 5.26 Å². The summed E-state index contributed by atoms with van der Waals surface area (Å²) in [4.78, 5) is 4.23. The monoisotopic (exact) mass is 256 g/mol. The Morgan fingerprint density at radius 3 is 2.84 bits per heavy atom. The van der Waals surface area contributed by atoms with Crippen LogP contribution < -0.4 is 4.74 Å². The lowest BCUT2D eigenvalue weighted by Crippen LogP contribution is -1.98. The summed E-state index contributed by atoms with van der Waals surface area (Å²) in [6.07, 6.45) is 2.88. The van der Waals surface area contributed by atoms with Crippen molar-refractivity contribution in [3.63, 3.8) is 0 Å². The van der Waals surface area contributed by atoms with Crippen LogP contribution >= 0.6 is 0 Å². The quantitative estimate of drug-likeness (QED) is 0.845.